The van der Waals surface area contributed by atoms with Crippen LogP contribution in [0.1, 0.15) is 5.56 Å². The number of benzene rings is 3. The number of aromatic nitrogens is 2. The second-order valence-corrected chi connectivity index (χ2v) is 7.14. The first-order valence-corrected chi connectivity index (χ1v) is 9.91. The summed E-state index contributed by atoms with van der Waals surface area (Å²) in [6.07, 6.45) is 1.52. The van der Waals surface area contributed by atoms with Gasteiger partial charge in [-0.05, 0) is 35.9 Å². The number of amides is 1. The highest BCUT2D eigenvalue weighted by molar-refractivity contribution is 6.30. The lowest BCUT2D eigenvalue weighted by Gasteiger charge is -2.08. The maximum absolute atomic E-state index is 12.9. The number of nitrogens with zero attached hydrogens (tertiary/aromatic N) is 3. The number of anilines is 1. The number of nitrogens with one attached hydrogen (secondary N) is 1. The second-order valence-electron chi connectivity index (χ2n) is 6.70. The molecule has 0 saturated carbocycles. The maximum atomic E-state index is 12.9. The van der Waals surface area contributed by atoms with E-state index in [9.17, 15) is 10.1 Å². The molecular weight excluding hydrogens is 408 g/mol. The number of halogens is 1. The van der Waals surface area contributed by atoms with Crippen molar-refractivity contribution in [3.8, 4) is 23.0 Å². The predicted octanol–water partition coefficient (Wildman–Crippen LogP) is 5.74. The fraction of sp³-hybridized carbons (Fsp3) is 0. The third-order valence-corrected chi connectivity index (χ3v) is 4.82. The van der Waals surface area contributed by atoms with Crippen LogP contribution in [0.25, 0.3) is 23.0 Å². The molecule has 0 radical (unpaired) electrons. The van der Waals surface area contributed by atoms with Crippen molar-refractivity contribution in [3.05, 3.63) is 107 Å². The summed E-state index contributed by atoms with van der Waals surface area (Å²) < 4.78 is 1.65. The van der Waals surface area contributed by atoms with E-state index in [1.54, 1.807) is 35.0 Å². The van der Waals surface area contributed by atoms with Gasteiger partial charge in [-0.3, -0.25) is 4.79 Å². The Balaban J connectivity index is 1.69. The number of hydrogen-bond donors (Lipinski definition) is 1. The third kappa shape index (κ3) is 4.72. The van der Waals surface area contributed by atoms with Gasteiger partial charge < -0.3 is 5.32 Å². The lowest BCUT2D eigenvalue weighted by molar-refractivity contribution is -0.112. The van der Waals surface area contributed by atoms with Crippen LogP contribution >= 0.6 is 11.6 Å². The zero-order chi connectivity index (χ0) is 21.6. The van der Waals surface area contributed by atoms with Gasteiger partial charge in [-0.15, -0.1) is 0 Å². The molecule has 1 N–H and O–H groups in total. The zero-order valence-corrected chi connectivity index (χ0v) is 17.1. The largest absolute Gasteiger partial charge is 0.306 e. The molecule has 0 aliphatic heterocycles. The van der Waals surface area contributed by atoms with E-state index in [1.165, 1.54) is 6.08 Å². The second kappa shape index (κ2) is 9.12. The minimum Gasteiger partial charge on any atom is -0.306 e. The molecule has 0 aliphatic rings. The lowest BCUT2D eigenvalue weighted by Crippen LogP contribution is -2.16. The van der Waals surface area contributed by atoms with Crippen molar-refractivity contribution in [1.82, 2.24) is 9.78 Å². The first kappa shape index (κ1) is 20.1. The Morgan fingerprint density at radius 2 is 1.61 bits per heavy atom. The molecule has 1 aromatic heterocycles. The minimum absolute atomic E-state index is 0.0237. The summed E-state index contributed by atoms with van der Waals surface area (Å²) in [6.45, 7) is 0. The van der Waals surface area contributed by atoms with E-state index < -0.39 is 5.91 Å². The van der Waals surface area contributed by atoms with Crippen LogP contribution in [0.15, 0.2) is 96.6 Å². The Morgan fingerprint density at radius 1 is 0.968 bits per heavy atom. The van der Waals surface area contributed by atoms with Gasteiger partial charge in [0.15, 0.2) is 0 Å². The zero-order valence-electron chi connectivity index (χ0n) is 16.4. The van der Waals surface area contributed by atoms with Crippen LogP contribution < -0.4 is 5.32 Å². The van der Waals surface area contributed by atoms with Gasteiger partial charge in [0.1, 0.15) is 17.5 Å². The Bertz CT molecular complexity index is 1270. The van der Waals surface area contributed by atoms with Crippen molar-refractivity contribution in [3.63, 3.8) is 0 Å². The summed E-state index contributed by atoms with van der Waals surface area (Å²) in [5.74, 6) is -0.0542. The molecule has 31 heavy (non-hydrogen) atoms. The van der Waals surface area contributed by atoms with Gasteiger partial charge in [0, 0.05) is 16.7 Å². The monoisotopic (exact) mass is 424 g/mol. The summed E-state index contributed by atoms with van der Waals surface area (Å²) in [5.41, 5.74) is 3.10. The van der Waals surface area contributed by atoms with Gasteiger partial charge in [-0.25, -0.2) is 4.68 Å². The van der Waals surface area contributed by atoms with Gasteiger partial charge in [-0.1, -0.05) is 72.3 Å². The predicted molar refractivity (Wildman–Crippen MR) is 123 cm³/mol. The van der Waals surface area contributed by atoms with E-state index >= 15 is 0 Å². The van der Waals surface area contributed by atoms with Gasteiger partial charge in [0.2, 0.25) is 0 Å². The van der Waals surface area contributed by atoms with Crippen molar-refractivity contribution in [1.29, 1.82) is 5.26 Å². The number of nitriles is 1. The average molecular weight is 425 g/mol. The van der Waals surface area contributed by atoms with E-state index in [0.717, 1.165) is 11.3 Å². The van der Waals surface area contributed by atoms with Crippen LogP contribution in [-0.4, -0.2) is 15.7 Å². The summed E-state index contributed by atoms with van der Waals surface area (Å²) in [5, 5.41) is 17.6. The van der Waals surface area contributed by atoms with Gasteiger partial charge >= 0.3 is 0 Å². The van der Waals surface area contributed by atoms with E-state index in [1.807, 2.05) is 66.7 Å². The highest BCUT2D eigenvalue weighted by Crippen LogP contribution is 2.25. The van der Waals surface area contributed by atoms with Crippen LogP contribution in [0.5, 0.6) is 0 Å². The first-order chi connectivity index (χ1) is 15.1. The molecule has 0 atom stereocenters. The smallest absolute Gasteiger partial charge is 0.267 e. The molecular formula is C25H17ClN4O. The standard InChI is InChI=1S/C25H17ClN4O/c26-21-13-11-18(12-14-21)15-20(17-27)25(31)28-24-16-23(19-7-3-1-4-8-19)29-30(24)22-9-5-2-6-10-22/h1-16H,(H,28,31)/b20-15+. The Hall–Kier alpha value is -4.14. The lowest BCUT2D eigenvalue weighted by atomic mass is 10.1. The number of hydrogen-bond acceptors (Lipinski definition) is 3. The van der Waals surface area contributed by atoms with Crippen molar-refractivity contribution < 1.29 is 4.79 Å². The molecule has 4 aromatic rings. The van der Waals surface area contributed by atoms with E-state index in [0.29, 0.717) is 22.1 Å². The fourth-order valence-electron chi connectivity index (χ4n) is 3.04. The van der Waals surface area contributed by atoms with Crippen molar-refractivity contribution in [2.24, 2.45) is 0 Å². The molecule has 3 aromatic carbocycles. The molecule has 0 aliphatic carbocycles. The molecule has 6 heteroatoms. The minimum atomic E-state index is -0.519. The number of rotatable bonds is 5. The quantitative estimate of drug-likeness (QED) is 0.328. The molecule has 1 heterocycles. The normalized spacial score (nSPS) is 11.0. The summed E-state index contributed by atoms with van der Waals surface area (Å²) in [7, 11) is 0. The Morgan fingerprint density at radius 3 is 2.26 bits per heavy atom. The molecule has 0 bridgehead atoms. The van der Waals surface area contributed by atoms with Crippen molar-refractivity contribution in [2.45, 2.75) is 0 Å². The molecule has 150 valence electrons. The van der Waals surface area contributed by atoms with Crippen molar-refractivity contribution in [2.75, 3.05) is 5.32 Å². The summed E-state index contributed by atoms with van der Waals surface area (Å²) in [4.78, 5) is 12.9. The van der Waals surface area contributed by atoms with Crippen LogP contribution in [0.2, 0.25) is 5.02 Å². The van der Waals surface area contributed by atoms with E-state index in [4.69, 9.17) is 11.6 Å². The molecule has 0 fully saturated rings. The molecule has 4 rings (SSSR count). The number of carbonyl (C=O) groups excluding carboxylic acids is 1. The average Bonchev–Trinajstić information content (AvgIpc) is 3.23. The van der Waals surface area contributed by atoms with E-state index in [2.05, 4.69) is 10.4 Å². The molecule has 1 amide bonds. The SMILES string of the molecule is N#C/C(=C\c1ccc(Cl)cc1)C(=O)Nc1cc(-c2ccccc2)nn1-c1ccccc1. The molecule has 0 spiro atoms. The van der Waals surface area contributed by atoms with Crippen LogP contribution in [0.4, 0.5) is 5.82 Å². The molecule has 5 nitrogen and oxygen atoms in total. The molecule has 0 unspecified atom stereocenters. The van der Waals surface area contributed by atoms with Crippen molar-refractivity contribution >= 4 is 29.4 Å². The Labute approximate surface area is 184 Å². The van der Waals surface area contributed by atoms with Crippen LogP contribution in [0.3, 0.4) is 0 Å². The first-order valence-electron chi connectivity index (χ1n) is 9.53. The van der Waals surface area contributed by atoms with Gasteiger partial charge in [-0.2, -0.15) is 10.4 Å². The number of para-hydroxylation sites is 1. The van der Waals surface area contributed by atoms with E-state index in [-0.39, 0.29) is 5.57 Å². The van der Waals surface area contributed by atoms with Gasteiger partial charge in [0.25, 0.3) is 5.91 Å². The fourth-order valence-corrected chi connectivity index (χ4v) is 3.17. The summed E-state index contributed by atoms with van der Waals surface area (Å²) >= 11 is 5.91. The van der Waals surface area contributed by atoms with Crippen LogP contribution in [-0.2, 0) is 4.79 Å². The molecule has 0 saturated heterocycles. The summed E-state index contributed by atoms with van der Waals surface area (Å²) in [6, 6.07) is 29.8. The van der Waals surface area contributed by atoms with Crippen LogP contribution in [0, 0.1) is 11.3 Å². The number of carbonyl (C=O) groups is 1. The Kier molecular flexibility index (Phi) is 5.93. The van der Waals surface area contributed by atoms with Gasteiger partial charge in [0.05, 0.1) is 11.4 Å². The topological polar surface area (TPSA) is 70.7 Å². The highest BCUT2D eigenvalue weighted by Gasteiger charge is 2.16. The highest BCUT2D eigenvalue weighted by atomic mass is 35.5. The maximum Gasteiger partial charge on any atom is 0.267 e. The third-order valence-electron chi connectivity index (χ3n) is 4.57.